The molecular weight excluding hydrogens is 483 g/mol. The summed E-state index contributed by atoms with van der Waals surface area (Å²) < 4.78 is 21.0. The van der Waals surface area contributed by atoms with Gasteiger partial charge in [-0.05, 0) is 76.2 Å². The molecule has 7 nitrogen and oxygen atoms in total. The molecule has 1 N–H and O–H groups in total. The van der Waals surface area contributed by atoms with Gasteiger partial charge in [0, 0.05) is 18.2 Å². The van der Waals surface area contributed by atoms with E-state index < -0.39 is 5.82 Å². The molecule has 0 bridgehead atoms. The van der Waals surface area contributed by atoms with Crippen LogP contribution < -0.4 is 15.6 Å². The molecule has 0 aliphatic rings. The van der Waals surface area contributed by atoms with Gasteiger partial charge in [0.15, 0.2) is 0 Å². The minimum absolute atomic E-state index is 0.0914. The molecule has 36 heavy (non-hydrogen) atoms. The summed E-state index contributed by atoms with van der Waals surface area (Å²) in [6, 6.07) is 9.16. The van der Waals surface area contributed by atoms with E-state index in [1.165, 1.54) is 22.8 Å². The zero-order chi connectivity index (χ0) is 26.2. The molecule has 0 aliphatic heterocycles. The number of hydrogen-bond acceptors (Lipinski definition) is 5. The van der Waals surface area contributed by atoms with Gasteiger partial charge in [-0.25, -0.2) is 9.37 Å². The van der Waals surface area contributed by atoms with Crippen LogP contribution in [0.2, 0.25) is 5.02 Å². The van der Waals surface area contributed by atoms with E-state index in [1.807, 2.05) is 13.8 Å². The summed E-state index contributed by atoms with van der Waals surface area (Å²) in [6.07, 6.45) is 1.98. The Kier molecular flexibility index (Phi) is 9.84. The number of aromatic nitrogens is 2. The Bertz CT molecular complexity index is 1260. The first-order valence-electron chi connectivity index (χ1n) is 12.4. The van der Waals surface area contributed by atoms with Gasteiger partial charge in [0.1, 0.15) is 23.9 Å². The third-order valence-corrected chi connectivity index (χ3v) is 6.02. The minimum atomic E-state index is -0.578. The maximum absolute atomic E-state index is 13.8. The summed E-state index contributed by atoms with van der Waals surface area (Å²) in [5, 5.41) is 3.04. The molecule has 0 unspecified atom stereocenters. The van der Waals surface area contributed by atoms with Gasteiger partial charge < -0.3 is 15.0 Å². The molecule has 3 rings (SSSR count). The molecule has 194 valence electrons. The summed E-state index contributed by atoms with van der Waals surface area (Å²) in [6.45, 7) is 11.3. The topological polar surface area (TPSA) is 76.5 Å². The van der Waals surface area contributed by atoms with Crippen molar-refractivity contribution in [2.24, 2.45) is 0 Å². The molecule has 9 heteroatoms. The second-order valence-corrected chi connectivity index (χ2v) is 9.40. The van der Waals surface area contributed by atoms with Gasteiger partial charge in [0.25, 0.3) is 5.56 Å². The first-order valence-corrected chi connectivity index (χ1v) is 12.8. The zero-order valence-electron chi connectivity index (χ0n) is 21.3. The van der Waals surface area contributed by atoms with E-state index in [2.05, 4.69) is 29.0 Å². The first-order chi connectivity index (χ1) is 17.2. The Labute approximate surface area is 216 Å². The van der Waals surface area contributed by atoms with Crippen LogP contribution in [0, 0.1) is 5.82 Å². The third-order valence-electron chi connectivity index (χ3n) is 5.73. The predicted molar refractivity (Wildman–Crippen MR) is 142 cm³/mol. The lowest BCUT2D eigenvalue weighted by molar-refractivity contribution is -0.122. The van der Waals surface area contributed by atoms with Crippen molar-refractivity contribution in [1.82, 2.24) is 19.8 Å². The Morgan fingerprint density at radius 2 is 1.97 bits per heavy atom. The summed E-state index contributed by atoms with van der Waals surface area (Å²) in [7, 11) is 0. The lowest BCUT2D eigenvalue weighted by Crippen LogP contribution is -2.37. The number of benzene rings is 2. The number of hydrogen-bond donors (Lipinski definition) is 1. The zero-order valence-corrected chi connectivity index (χ0v) is 22.1. The highest BCUT2D eigenvalue weighted by atomic mass is 35.5. The molecule has 1 amide bonds. The molecular formula is C27H34ClFN4O3. The summed E-state index contributed by atoms with van der Waals surface area (Å²) >= 11 is 5.99. The SMILES string of the molecule is CCCN(CC)CCCOc1ccc2nc(-c3ccc(F)c(Cl)c3)n(CC(=O)NC(C)C)c(=O)c2c1. The summed E-state index contributed by atoms with van der Waals surface area (Å²) in [5.74, 6) is -0.109. The van der Waals surface area contributed by atoms with E-state index in [4.69, 9.17) is 16.3 Å². The lowest BCUT2D eigenvalue weighted by Gasteiger charge is -2.19. The van der Waals surface area contributed by atoms with Crippen LogP contribution in [0.4, 0.5) is 4.39 Å². The van der Waals surface area contributed by atoms with Crippen molar-refractivity contribution in [1.29, 1.82) is 0 Å². The largest absolute Gasteiger partial charge is 0.494 e. The highest BCUT2D eigenvalue weighted by molar-refractivity contribution is 6.31. The third kappa shape index (κ3) is 7.04. The van der Waals surface area contributed by atoms with Crippen LogP contribution in [0.25, 0.3) is 22.3 Å². The molecule has 3 aromatic rings. The first kappa shape index (κ1) is 27.6. The van der Waals surface area contributed by atoms with Crippen LogP contribution in [-0.2, 0) is 11.3 Å². The normalized spacial score (nSPS) is 11.4. The maximum Gasteiger partial charge on any atom is 0.262 e. The molecule has 0 saturated heterocycles. The van der Waals surface area contributed by atoms with Crippen LogP contribution in [-0.4, -0.2) is 52.6 Å². The second-order valence-electron chi connectivity index (χ2n) is 8.99. The fourth-order valence-electron chi connectivity index (χ4n) is 4.03. The molecule has 0 spiro atoms. The van der Waals surface area contributed by atoms with E-state index >= 15 is 0 Å². The van der Waals surface area contributed by atoms with Crippen molar-refractivity contribution in [2.45, 2.75) is 53.1 Å². The van der Waals surface area contributed by atoms with E-state index in [9.17, 15) is 14.0 Å². The molecule has 1 aromatic heterocycles. The standard InChI is InChI=1S/C27H34ClFN4O3/c1-5-12-32(6-2)13-7-14-36-20-9-11-24-21(16-20)27(35)33(17-25(34)30-18(3)4)26(31-24)19-8-10-23(29)22(28)15-19/h8-11,15-16,18H,5-7,12-14,17H2,1-4H3,(H,30,34). The number of amides is 1. The minimum Gasteiger partial charge on any atom is -0.494 e. The number of ether oxygens (including phenoxy) is 1. The van der Waals surface area contributed by atoms with E-state index in [-0.39, 0.29) is 34.9 Å². The molecule has 0 atom stereocenters. The van der Waals surface area contributed by atoms with Gasteiger partial charge >= 0.3 is 0 Å². The van der Waals surface area contributed by atoms with Crippen LogP contribution in [0.3, 0.4) is 0 Å². The Morgan fingerprint density at radius 3 is 2.64 bits per heavy atom. The second kappa shape index (κ2) is 12.8. The quantitative estimate of drug-likeness (QED) is 0.347. The van der Waals surface area contributed by atoms with Crippen molar-refractivity contribution in [3.05, 3.63) is 57.6 Å². The Hall–Kier alpha value is -2.97. The summed E-state index contributed by atoms with van der Waals surface area (Å²) in [5.41, 5.74) is 0.494. The predicted octanol–water partition coefficient (Wildman–Crippen LogP) is 4.88. The average molecular weight is 517 g/mol. The number of fused-ring (bicyclic) bond motifs is 1. The number of nitrogens with zero attached hydrogens (tertiary/aromatic N) is 3. The van der Waals surface area contributed by atoms with Crippen LogP contribution in [0.1, 0.15) is 40.5 Å². The van der Waals surface area contributed by atoms with Crippen LogP contribution in [0.5, 0.6) is 5.75 Å². The van der Waals surface area contributed by atoms with Gasteiger partial charge in [0.05, 0.1) is 22.5 Å². The lowest BCUT2D eigenvalue weighted by atomic mass is 10.1. The fourth-order valence-corrected chi connectivity index (χ4v) is 4.21. The molecule has 1 heterocycles. The molecule has 0 saturated carbocycles. The summed E-state index contributed by atoms with van der Waals surface area (Å²) in [4.78, 5) is 33.1. The maximum atomic E-state index is 13.8. The molecule has 2 aromatic carbocycles. The van der Waals surface area contributed by atoms with Gasteiger partial charge in [-0.2, -0.15) is 0 Å². The number of halogens is 2. The van der Waals surface area contributed by atoms with Crippen molar-refractivity contribution >= 4 is 28.4 Å². The number of carbonyl (C=O) groups is 1. The smallest absolute Gasteiger partial charge is 0.262 e. The molecule has 0 aliphatic carbocycles. The monoisotopic (exact) mass is 516 g/mol. The Morgan fingerprint density at radius 1 is 1.19 bits per heavy atom. The van der Waals surface area contributed by atoms with E-state index in [1.54, 1.807) is 18.2 Å². The Balaban J connectivity index is 1.94. The van der Waals surface area contributed by atoms with Crippen molar-refractivity contribution in [2.75, 3.05) is 26.2 Å². The average Bonchev–Trinajstić information content (AvgIpc) is 2.84. The highest BCUT2D eigenvalue weighted by Gasteiger charge is 2.18. The fraction of sp³-hybridized carbons (Fsp3) is 0.444. The highest BCUT2D eigenvalue weighted by Crippen LogP contribution is 2.25. The number of nitrogens with one attached hydrogen (secondary N) is 1. The molecule has 0 radical (unpaired) electrons. The van der Waals surface area contributed by atoms with E-state index in [0.717, 1.165) is 32.5 Å². The molecule has 0 fully saturated rings. The van der Waals surface area contributed by atoms with Crippen LogP contribution >= 0.6 is 11.6 Å². The van der Waals surface area contributed by atoms with Crippen molar-refractivity contribution in [3.8, 4) is 17.1 Å². The van der Waals surface area contributed by atoms with Crippen molar-refractivity contribution < 1.29 is 13.9 Å². The van der Waals surface area contributed by atoms with Gasteiger partial charge in [-0.3, -0.25) is 14.2 Å². The number of carbonyl (C=O) groups excluding carboxylic acids is 1. The van der Waals surface area contributed by atoms with Gasteiger partial charge in [-0.1, -0.05) is 25.4 Å². The van der Waals surface area contributed by atoms with Gasteiger partial charge in [-0.15, -0.1) is 0 Å². The van der Waals surface area contributed by atoms with Gasteiger partial charge in [0.2, 0.25) is 5.91 Å². The van der Waals surface area contributed by atoms with Crippen molar-refractivity contribution in [3.63, 3.8) is 0 Å². The van der Waals surface area contributed by atoms with Crippen LogP contribution in [0.15, 0.2) is 41.2 Å². The van der Waals surface area contributed by atoms with E-state index in [0.29, 0.717) is 28.8 Å². The number of rotatable bonds is 12.